The Morgan fingerprint density at radius 2 is 2.00 bits per heavy atom. The van der Waals surface area contributed by atoms with Crippen molar-refractivity contribution in [1.29, 1.82) is 0 Å². The number of carbonyl (C=O) groups excluding carboxylic acids is 1. The topological polar surface area (TPSA) is 90.3 Å². The molecule has 8 heteroatoms. The molecule has 2 fully saturated rings. The van der Waals surface area contributed by atoms with E-state index in [1.165, 1.54) is 29.8 Å². The molecule has 1 aromatic carbocycles. The van der Waals surface area contributed by atoms with E-state index in [1.807, 2.05) is 34.7 Å². The normalized spacial score (nSPS) is 21.5. The maximum Gasteiger partial charge on any atom is 0.253 e. The van der Waals surface area contributed by atoms with Crippen LogP contribution >= 0.6 is 0 Å². The fourth-order valence-electron chi connectivity index (χ4n) is 5.11. The van der Waals surface area contributed by atoms with E-state index in [9.17, 15) is 9.90 Å². The maximum absolute atomic E-state index is 13.3. The lowest BCUT2D eigenvalue weighted by Gasteiger charge is -2.20. The van der Waals surface area contributed by atoms with Crippen molar-refractivity contribution in [2.24, 2.45) is 7.05 Å². The summed E-state index contributed by atoms with van der Waals surface area (Å²) in [4.78, 5) is 22.2. The van der Waals surface area contributed by atoms with Gasteiger partial charge in [-0.05, 0) is 49.4 Å². The number of rotatable bonds is 3. The number of nitrogens with one attached hydrogen (secondary N) is 1. The molecule has 3 aromatic rings. The van der Waals surface area contributed by atoms with E-state index in [-0.39, 0.29) is 12.0 Å². The first-order valence-electron chi connectivity index (χ1n) is 11.3. The SMILES string of the molecule is Cn1c(N2CC[C@H](O)C2)nc2cc(C(=O)N3CCc4[nH]nc(C5CC5)c4CC3)ccc21. The molecule has 4 heterocycles. The van der Waals surface area contributed by atoms with Crippen molar-refractivity contribution in [1.82, 2.24) is 24.6 Å². The quantitative estimate of drug-likeness (QED) is 0.676. The summed E-state index contributed by atoms with van der Waals surface area (Å²) in [5.74, 6) is 1.54. The van der Waals surface area contributed by atoms with Gasteiger partial charge in [0.2, 0.25) is 5.95 Å². The van der Waals surface area contributed by atoms with Crippen LogP contribution in [0.5, 0.6) is 0 Å². The molecule has 1 saturated heterocycles. The lowest BCUT2D eigenvalue weighted by atomic mass is 10.1. The molecular formula is C23H28N6O2. The molecular weight excluding hydrogens is 392 g/mol. The zero-order valence-electron chi connectivity index (χ0n) is 17.8. The Kier molecular flexibility index (Phi) is 4.31. The lowest BCUT2D eigenvalue weighted by molar-refractivity contribution is 0.0763. The number of carbonyl (C=O) groups is 1. The smallest absolute Gasteiger partial charge is 0.253 e. The second kappa shape index (κ2) is 7.09. The zero-order chi connectivity index (χ0) is 21.1. The molecule has 1 atom stereocenters. The number of hydrogen-bond acceptors (Lipinski definition) is 5. The highest BCUT2D eigenvalue weighted by atomic mass is 16.3. The predicted molar refractivity (Wildman–Crippen MR) is 117 cm³/mol. The fourth-order valence-corrected chi connectivity index (χ4v) is 5.11. The highest BCUT2D eigenvalue weighted by molar-refractivity contribution is 5.97. The average Bonchev–Trinajstić information content (AvgIpc) is 3.36. The van der Waals surface area contributed by atoms with E-state index in [0.717, 1.165) is 49.3 Å². The first-order valence-corrected chi connectivity index (χ1v) is 11.3. The molecule has 2 aliphatic heterocycles. The van der Waals surface area contributed by atoms with Gasteiger partial charge in [-0.15, -0.1) is 0 Å². The van der Waals surface area contributed by atoms with Gasteiger partial charge in [0.15, 0.2) is 0 Å². The number of anilines is 1. The molecule has 0 unspecified atom stereocenters. The zero-order valence-corrected chi connectivity index (χ0v) is 17.8. The van der Waals surface area contributed by atoms with Gasteiger partial charge in [-0.3, -0.25) is 9.89 Å². The van der Waals surface area contributed by atoms with E-state index in [2.05, 4.69) is 15.1 Å². The number of aromatic nitrogens is 4. The van der Waals surface area contributed by atoms with Gasteiger partial charge in [0.25, 0.3) is 5.91 Å². The van der Waals surface area contributed by atoms with E-state index in [4.69, 9.17) is 4.98 Å². The third-order valence-corrected chi connectivity index (χ3v) is 7.05. The third kappa shape index (κ3) is 3.20. The van der Waals surface area contributed by atoms with Crippen LogP contribution in [-0.4, -0.2) is 67.9 Å². The number of aromatic amines is 1. The summed E-state index contributed by atoms with van der Waals surface area (Å²) in [5, 5.41) is 17.7. The molecule has 2 N–H and O–H groups in total. The Labute approximate surface area is 180 Å². The standard InChI is InChI=1S/C23H28N6O2/c1-27-20-5-4-15(12-19(20)24-23(27)29-9-6-16(30)13-29)22(31)28-10-7-17-18(8-11-28)25-26-21(17)14-2-3-14/h4-5,12,14,16,30H,2-3,6-11,13H2,1H3,(H,25,26)/t16-/m0/s1. The number of imidazole rings is 1. The maximum atomic E-state index is 13.3. The van der Waals surface area contributed by atoms with Gasteiger partial charge >= 0.3 is 0 Å². The number of nitrogens with zero attached hydrogens (tertiary/aromatic N) is 5. The van der Waals surface area contributed by atoms with E-state index in [1.54, 1.807) is 0 Å². The van der Waals surface area contributed by atoms with Crippen LogP contribution in [0.1, 0.15) is 52.5 Å². The number of β-amino-alcohol motifs (C(OH)–C–C–N with tert-alkyl or cyclic N) is 1. The van der Waals surface area contributed by atoms with Crippen LogP contribution in [-0.2, 0) is 19.9 Å². The summed E-state index contributed by atoms with van der Waals surface area (Å²) in [5.41, 5.74) is 6.29. The van der Waals surface area contributed by atoms with Crippen molar-refractivity contribution in [2.75, 3.05) is 31.1 Å². The van der Waals surface area contributed by atoms with Crippen LogP contribution in [0.3, 0.4) is 0 Å². The number of fused-ring (bicyclic) bond motifs is 2. The van der Waals surface area contributed by atoms with Crippen LogP contribution < -0.4 is 4.90 Å². The second-order valence-corrected chi connectivity index (χ2v) is 9.20. The van der Waals surface area contributed by atoms with Gasteiger partial charge in [-0.2, -0.15) is 5.10 Å². The minimum atomic E-state index is -0.296. The van der Waals surface area contributed by atoms with Crippen molar-refractivity contribution in [3.05, 3.63) is 40.7 Å². The van der Waals surface area contributed by atoms with Crippen LogP contribution in [0, 0.1) is 0 Å². The number of aliphatic hydroxyl groups excluding tert-OH is 1. The van der Waals surface area contributed by atoms with Crippen molar-refractivity contribution in [2.45, 2.75) is 44.1 Å². The Morgan fingerprint density at radius 3 is 2.77 bits per heavy atom. The lowest BCUT2D eigenvalue weighted by Crippen LogP contribution is -2.33. The van der Waals surface area contributed by atoms with E-state index < -0.39 is 0 Å². The number of amides is 1. The van der Waals surface area contributed by atoms with Crippen molar-refractivity contribution < 1.29 is 9.90 Å². The molecule has 0 spiro atoms. The molecule has 0 radical (unpaired) electrons. The van der Waals surface area contributed by atoms with Gasteiger partial charge in [-0.25, -0.2) is 4.98 Å². The molecule has 162 valence electrons. The van der Waals surface area contributed by atoms with Gasteiger partial charge in [0.1, 0.15) is 0 Å². The summed E-state index contributed by atoms with van der Waals surface area (Å²) in [7, 11) is 1.99. The molecule has 31 heavy (non-hydrogen) atoms. The van der Waals surface area contributed by atoms with Crippen molar-refractivity contribution in [3.63, 3.8) is 0 Å². The summed E-state index contributed by atoms with van der Waals surface area (Å²) in [6.45, 7) is 2.84. The fraction of sp³-hybridized carbons (Fsp3) is 0.522. The van der Waals surface area contributed by atoms with Gasteiger partial charge in [0, 0.05) is 56.8 Å². The van der Waals surface area contributed by atoms with Crippen molar-refractivity contribution in [3.8, 4) is 0 Å². The molecule has 1 amide bonds. The van der Waals surface area contributed by atoms with Crippen LogP contribution in [0.2, 0.25) is 0 Å². The highest BCUT2D eigenvalue weighted by Gasteiger charge is 2.32. The Morgan fingerprint density at radius 1 is 1.16 bits per heavy atom. The largest absolute Gasteiger partial charge is 0.391 e. The van der Waals surface area contributed by atoms with Crippen molar-refractivity contribution >= 4 is 22.9 Å². The van der Waals surface area contributed by atoms with Crippen LogP contribution in [0.25, 0.3) is 11.0 Å². The molecule has 6 rings (SSSR count). The summed E-state index contributed by atoms with van der Waals surface area (Å²) in [6, 6.07) is 5.81. The number of hydrogen-bond donors (Lipinski definition) is 2. The summed E-state index contributed by atoms with van der Waals surface area (Å²) >= 11 is 0. The summed E-state index contributed by atoms with van der Waals surface area (Å²) < 4.78 is 2.05. The van der Waals surface area contributed by atoms with E-state index >= 15 is 0 Å². The average molecular weight is 421 g/mol. The molecule has 2 aromatic heterocycles. The van der Waals surface area contributed by atoms with Crippen LogP contribution in [0.4, 0.5) is 5.95 Å². The molecule has 0 bridgehead atoms. The van der Waals surface area contributed by atoms with Gasteiger partial charge < -0.3 is 19.5 Å². The van der Waals surface area contributed by atoms with Crippen LogP contribution in [0.15, 0.2) is 18.2 Å². The molecule has 1 aliphatic carbocycles. The first-order chi connectivity index (χ1) is 15.1. The Bertz CT molecular complexity index is 1160. The number of benzene rings is 1. The number of aryl methyl sites for hydroxylation is 1. The summed E-state index contributed by atoms with van der Waals surface area (Å²) in [6.07, 6.45) is 4.65. The first kappa shape index (κ1) is 18.9. The predicted octanol–water partition coefficient (Wildman–Crippen LogP) is 1.99. The number of H-pyrrole nitrogens is 1. The molecule has 1 saturated carbocycles. The second-order valence-electron chi connectivity index (χ2n) is 9.20. The minimum absolute atomic E-state index is 0.0665. The molecule has 3 aliphatic rings. The van der Waals surface area contributed by atoms with Gasteiger partial charge in [-0.1, -0.05) is 0 Å². The minimum Gasteiger partial charge on any atom is -0.391 e. The number of aliphatic hydroxyl groups is 1. The van der Waals surface area contributed by atoms with Gasteiger partial charge in [0.05, 0.1) is 22.8 Å². The molecule has 8 nitrogen and oxygen atoms in total. The monoisotopic (exact) mass is 420 g/mol. The van der Waals surface area contributed by atoms with E-state index in [0.29, 0.717) is 24.6 Å². The Balaban J connectivity index is 1.23. The third-order valence-electron chi connectivity index (χ3n) is 7.05. The Hall–Kier alpha value is -2.87. The highest BCUT2D eigenvalue weighted by Crippen LogP contribution is 2.41.